The molecule has 3 heterocycles. The Hall–Kier alpha value is -4.51. The molecule has 2 aliphatic rings. The smallest absolute Gasteiger partial charge is 0.238 e. The van der Waals surface area contributed by atoms with Crippen LogP contribution in [0.5, 0.6) is 0 Å². The van der Waals surface area contributed by atoms with Crippen LogP contribution in [-0.4, -0.2) is 31.6 Å². The van der Waals surface area contributed by atoms with Crippen molar-refractivity contribution in [3.05, 3.63) is 103 Å². The van der Waals surface area contributed by atoms with Crippen LogP contribution in [-0.2, 0) is 0 Å². The van der Waals surface area contributed by atoms with Gasteiger partial charge in [-0.15, -0.1) is 0 Å². The summed E-state index contributed by atoms with van der Waals surface area (Å²) in [6, 6.07) is 37.1. The lowest BCUT2D eigenvalue weighted by Gasteiger charge is -2.50. The minimum Gasteiger partial charge on any atom is -0.365 e. The van der Waals surface area contributed by atoms with E-state index in [0.29, 0.717) is 23.9 Å². The summed E-state index contributed by atoms with van der Waals surface area (Å²) >= 11 is 0. The molecule has 208 valence electrons. The minimum absolute atomic E-state index is 0.481. The fourth-order valence-electron chi connectivity index (χ4n) is 7.84. The van der Waals surface area contributed by atoms with Crippen molar-refractivity contribution in [1.82, 2.24) is 19.5 Å². The maximum atomic E-state index is 5.26. The van der Waals surface area contributed by atoms with Gasteiger partial charge in [-0.05, 0) is 68.7 Å². The standard InChI is InChI=1S/C37H35N5/c1-24-20-26-22-25(2)41(28(21-24)23-26)34-19-11-8-16-31(34)36-38-35(27-12-4-3-5-13-27)39-37(40-36)42-32-17-9-6-14-29(32)30-15-7-10-18-33(30)42/h3-19,24-26,28H,20-23H2,1-2H3. The van der Waals surface area contributed by atoms with Crippen molar-refractivity contribution in [3.63, 3.8) is 0 Å². The molecule has 0 N–H and O–H groups in total. The number of nitrogens with zero attached hydrogens (tertiary/aromatic N) is 5. The molecule has 2 fully saturated rings. The van der Waals surface area contributed by atoms with Crippen molar-refractivity contribution < 1.29 is 0 Å². The van der Waals surface area contributed by atoms with Crippen molar-refractivity contribution >= 4 is 27.5 Å². The number of benzene rings is 4. The van der Waals surface area contributed by atoms with E-state index < -0.39 is 0 Å². The highest BCUT2D eigenvalue weighted by Gasteiger charge is 2.39. The number of fused-ring (bicyclic) bond motifs is 5. The monoisotopic (exact) mass is 549 g/mol. The van der Waals surface area contributed by atoms with E-state index in [2.05, 4.69) is 108 Å². The summed E-state index contributed by atoms with van der Waals surface area (Å²) in [6.07, 6.45) is 5.14. The minimum atomic E-state index is 0.481. The van der Waals surface area contributed by atoms with Crippen molar-refractivity contribution in [3.8, 4) is 28.7 Å². The molecule has 1 saturated carbocycles. The van der Waals surface area contributed by atoms with Gasteiger partial charge in [-0.2, -0.15) is 9.97 Å². The first-order valence-electron chi connectivity index (χ1n) is 15.3. The fraction of sp³-hybridized carbons (Fsp3) is 0.270. The van der Waals surface area contributed by atoms with E-state index in [4.69, 9.17) is 15.0 Å². The molecule has 4 unspecified atom stereocenters. The third-order valence-electron chi connectivity index (χ3n) is 9.42. The lowest BCUT2D eigenvalue weighted by Crippen LogP contribution is -2.51. The highest BCUT2D eigenvalue weighted by atomic mass is 15.2. The zero-order chi connectivity index (χ0) is 28.2. The van der Waals surface area contributed by atoms with Crippen molar-refractivity contribution in [2.24, 2.45) is 11.8 Å². The second-order valence-corrected chi connectivity index (χ2v) is 12.4. The first-order valence-corrected chi connectivity index (χ1v) is 15.3. The Morgan fingerprint density at radius 1 is 0.595 bits per heavy atom. The topological polar surface area (TPSA) is 46.8 Å². The number of hydrogen-bond donors (Lipinski definition) is 0. The van der Waals surface area contributed by atoms with Crippen molar-refractivity contribution in [2.75, 3.05) is 4.90 Å². The van der Waals surface area contributed by atoms with Crippen LogP contribution in [0.2, 0.25) is 0 Å². The zero-order valence-corrected chi connectivity index (χ0v) is 24.2. The molecular weight excluding hydrogens is 514 g/mol. The zero-order valence-electron chi connectivity index (χ0n) is 24.2. The van der Waals surface area contributed by atoms with Gasteiger partial charge in [-0.3, -0.25) is 4.57 Å². The number of hydrogen-bond acceptors (Lipinski definition) is 4. The van der Waals surface area contributed by atoms with Gasteiger partial charge in [0.1, 0.15) is 0 Å². The van der Waals surface area contributed by atoms with Gasteiger partial charge in [0, 0.05) is 39.7 Å². The van der Waals surface area contributed by atoms with E-state index in [9.17, 15) is 0 Å². The molecule has 2 bridgehead atoms. The molecule has 4 aromatic carbocycles. The van der Waals surface area contributed by atoms with Gasteiger partial charge in [0.15, 0.2) is 11.6 Å². The van der Waals surface area contributed by atoms with Gasteiger partial charge in [0.05, 0.1) is 11.0 Å². The van der Waals surface area contributed by atoms with Crippen LogP contribution < -0.4 is 4.90 Å². The first-order chi connectivity index (χ1) is 20.6. The summed E-state index contributed by atoms with van der Waals surface area (Å²) < 4.78 is 2.20. The summed E-state index contributed by atoms with van der Waals surface area (Å²) in [6.45, 7) is 4.83. The first kappa shape index (κ1) is 25.2. The number of para-hydroxylation sites is 3. The van der Waals surface area contributed by atoms with Gasteiger partial charge in [0.25, 0.3) is 0 Å². The van der Waals surface area contributed by atoms with Gasteiger partial charge in [-0.25, -0.2) is 4.98 Å². The second kappa shape index (κ2) is 10.1. The summed E-state index contributed by atoms with van der Waals surface area (Å²) in [4.78, 5) is 18.2. The van der Waals surface area contributed by atoms with Crippen molar-refractivity contribution in [1.29, 1.82) is 0 Å². The predicted octanol–water partition coefficient (Wildman–Crippen LogP) is 8.71. The summed E-state index contributed by atoms with van der Waals surface area (Å²) in [5, 5.41) is 2.39. The quantitative estimate of drug-likeness (QED) is 0.221. The maximum Gasteiger partial charge on any atom is 0.238 e. The predicted molar refractivity (Wildman–Crippen MR) is 172 cm³/mol. The number of anilines is 1. The third kappa shape index (κ3) is 4.18. The highest BCUT2D eigenvalue weighted by Crippen LogP contribution is 2.44. The number of aromatic nitrogens is 4. The summed E-state index contributed by atoms with van der Waals surface area (Å²) in [7, 11) is 0. The molecule has 5 heteroatoms. The molecule has 5 nitrogen and oxygen atoms in total. The van der Waals surface area contributed by atoms with Crippen LogP contribution in [0.3, 0.4) is 0 Å². The Bertz CT molecular complexity index is 1850. The third-order valence-corrected chi connectivity index (χ3v) is 9.42. The molecule has 42 heavy (non-hydrogen) atoms. The summed E-state index contributed by atoms with van der Waals surface area (Å²) in [5.41, 5.74) is 5.48. The van der Waals surface area contributed by atoms with E-state index in [0.717, 1.165) is 39.8 Å². The molecular formula is C37H35N5. The second-order valence-electron chi connectivity index (χ2n) is 12.4. The Morgan fingerprint density at radius 2 is 1.24 bits per heavy atom. The lowest BCUT2D eigenvalue weighted by atomic mass is 9.72. The molecule has 0 amide bonds. The average Bonchev–Trinajstić information content (AvgIpc) is 3.35. The van der Waals surface area contributed by atoms with Crippen LogP contribution in [0.15, 0.2) is 103 Å². The maximum absolute atomic E-state index is 5.26. The molecule has 6 aromatic rings. The number of piperidine rings is 1. The van der Waals surface area contributed by atoms with Crippen LogP contribution in [0.1, 0.15) is 39.5 Å². The Kier molecular flexibility index (Phi) is 6.06. The van der Waals surface area contributed by atoms with Gasteiger partial charge >= 0.3 is 0 Å². The molecule has 1 aliphatic heterocycles. The molecule has 0 spiro atoms. The number of rotatable bonds is 4. The Labute approximate surface area is 246 Å². The van der Waals surface area contributed by atoms with Crippen molar-refractivity contribution in [2.45, 2.75) is 51.6 Å². The summed E-state index contributed by atoms with van der Waals surface area (Å²) in [5.74, 6) is 3.64. The molecule has 1 saturated heterocycles. The van der Waals surface area contributed by atoms with Gasteiger partial charge in [0.2, 0.25) is 5.95 Å². The van der Waals surface area contributed by atoms with E-state index in [1.807, 2.05) is 18.2 Å². The van der Waals surface area contributed by atoms with Crippen LogP contribution in [0.4, 0.5) is 5.69 Å². The van der Waals surface area contributed by atoms with Gasteiger partial charge < -0.3 is 4.90 Å². The molecule has 4 atom stereocenters. The molecule has 2 aromatic heterocycles. The van der Waals surface area contributed by atoms with E-state index in [-0.39, 0.29) is 0 Å². The Balaban J connectivity index is 1.36. The van der Waals surface area contributed by atoms with E-state index in [1.165, 1.54) is 42.1 Å². The SMILES string of the molecule is CC1CC2CC(C)N(c3ccccc3-c3nc(-c4ccccc4)nc(-n4c5ccccc5c5ccccc54)n3)C(C1)C2. The average molecular weight is 550 g/mol. The van der Waals surface area contributed by atoms with Gasteiger partial charge in [-0.1, -0.05) is 85.8 Å². The Morgan fingerprint density at radius 3 is 2.00 bits per heavy atom. The van der Waals surface area contributed by atoms with Crippen LogP contribution in [0.25, 0.3) is 50.5 Å². The van der Waals surface area contributed by atoms with Crippen LogP contribution >= 0.6 is 0 Å². The molecule has 1 aliphatic carbocycles. The van der Waals surface area contributed by atoms with Crippen LogP contribution in [0, 0.1) is 11.8 Å². The van der Waals surface area contributed by atoms with E-state index in [1.54, 1.807) is 0 Å². The normalized spacial score (nSPS) is 22.1. The molecule has 0 radical (unpaired) electrons. The lowest BCUT2D eigenvalue weighted by molar-refractivity contribution is 0.179. The van der Waals surface area contributed by atoms with E-state index >= 15 is 0 Å². The fourth-order valence-corrected chi connectivity index (χ4v) is 7.84. The molecule has 8 rings (SSSR count). The highest BCUT2D eigenvalue weighted by molar-refractivity contribution is 6.09. The largest absolute Gasteiger partial charge is 0.365 e.